The predicted molar refractivity (Wildman–Crippen MR) is 36.0 cm³/mol. The minimum atomic E-state index is 0. The van der Waals surface area contributed by atoms with Crippen molar-refractivity contribution in [3.63, 3.8) is 0 Å². The third-order valence-electron chi connectivity index (χ3n) is 1.14. The number of aromatic nitrogens is 1. The fourth-order valence-electron chi connectivity index (χ4n) is 0.633. The summed E-state index contributed by atoms with van der Waals surface area (Å²) in [5.74, 6) is 0. The molecule has 0 spiro atoms. The van der Waals surface area contributed by atoms with Crippen molar-refractivity contribution < 1.29 is 67.7 Å². The molecule has 0 amide bonds. The molecule has 10 heavy (non-hydrogen) atoms. The second-order valence-corrected chi connectivity index (χ2v) is 1.96. The van der Waals surface area contributed by atoms with Crippen molar-refractivity contribution in [1.82, 2.24) is 0 Å². The van der Waals surface area contributed by atoms with Crippen LogP contribution in [0.3, 0.4) is 0 Å². The van der Waals surface area contributed by atoms with E-state index >= 15 is 0 Å². The van der Waals surface area contributed by atoms with Crippen LogP contribution in [0.2, 0.25) is 0 Å². The van der Waals surface area contributed by atoms with Gasteiger partial charge in [0.1, 0.15) is 13.8 Å². The van der Waals surface area contributed by atoms with Crippen LogP contribution in [0.25, 0.3) is 0 Å². The molecule has 0 aliphatic carbocycles. The van der Waals surface area contributed by atoms with E-state index in [1.54, 1.807) is 0 Å². The molecular formula is C7H10N2Rb+3. The Bertz CT molecular complexity index is 208. The molecule has 1 heterocycles. The number of nitrogens with one attached hydrogen (secondary N) is 1. The molecule has 0 fully saturated rings. The molecule has 1 N–H and O–H groups in total. The predicted octanol–water partition coefficient (Wildman–Crippen LogP) is -2.52. The Morgan fingerprint density at radius 1 is 1.40 bits per heavy atom. The number of hydrogen-bond donors (Lipinski definition) is 0. The largest absolute Gasteiger partial charge is 1.00 e. The zero-order chi connectivity index (χ0) is 6.69. The van der Waals surface area contributed by atoms with E-state index in [0.29, 0.717) is 0 Å². The summed E-state index contributed by atoms with van der Waals surface area (Å²) < 4.78 is 1.81. The summed E-state index contributed by atoms with van der Waals surface area (Å²) in [6.07, 6.45) is 3.74. The monoisotopic (exact) mass is 207 g/mol. The maximum absolute atomic E-state index is 3.73. The summed E-state index contributed by atoms with van der Waals surface area (Å²) in [5, 5.41) is 0. The first-order valence-corrected chi connectivity index (χ1v) is 2.81. The van der Waals surface area contributed by atoms with Gasteiger partial charge in [0.05, 0.1) is 12.1 Å². The van der Waals surface area contributed by atoms with Crippen molar-refractivity contribution >= 4 is 12.4 Å². The van der Waals surface area contributed by atoms with Crippen molar-refractivity contribution in [2.24, 2.45) is 0 Å². The van der Waals surface area contributed by atoms with E-state index in [1.807, 2.05) is 36.1 Å². The molecule has 0 aromatic carbocycles. The fraction of sp³-hybridized carbons (Fsp3) is 0.143. The first-order valence-electron chi connectivity index (χ1n) is 2.81. The number of hydrogen-bond acceptors (Lipinski definition) is 0. The average molecular weight is 208 g/mol. The number of H-pyrrole nitrogens is 1. The van der Waals surface area contributed by atoms with Crippen molar-refractivity contribution in [3.8, 4) is 0 Å². The molecule has 1 aromatic rings. The van der Waals surface area contributed by atoms with Crippen LogP contribution in [0.1, 0.15) is 0 Å². The van der Waals surface area contributed by atoms with Crippen LogP contribution in [-0.4, -0.2) is 18.3 Å². The minimum Gasteiger partial charge on any atom is -0.217 e. The third kappa shape index (κ3) is 3.15. The molecule has 0 atom stereocenters. The topological polar surface area (TPSA) is 17.1 Å². The van der Waals surface area contributed by atoms with Gasteiger partial charge in [-0.25, -0.2) is 9.56 Å². The van der Waals surface area contributed by atoms with Gasteiger partial charge in [-0.2, -0.15) is 0 Å². The van der Waals surface area contributed by atoms with Gasteiger partial charge in [0, 0.05) is 0 Å². The smallest absolute Gasteiger partial charge is 0.217 e. The molecule has 1 rings (SSSR count). The second kappa shape index (κ2) is 5.30. The zero-order valence-corrected chi connectivity index (χ0v) is 11.4. The summed E-state index contributed by atoms with van der Waals surface area (Å²) in [5.41, 5.74) is 1.11. The molecule has 0 aliphatic heterocycles. The Kier molecular flexibility index (Phi) is 5.63. The van der Waals surface area contributed by atoms with Gasteiger partial charge >= 0.3 is 58.2 Å². The van der Waals surface area contributed by atoms with E-state index in [9.17, 15) is 0 Å². The third-order valence-corrected chi connectivity index (χ3v) is 1.14. The van der Waals surface area contributed by atoms with Gasteiger partial charge < -0.3 is 0 Å². The number of pyridine rings is 1. The number of nitrogens with zero attached hydrogens (tertiary/aromatic N) is 1. The van der Waals surface area contributed by atoms with Gasteiger partial charge in [-0.15, -0.1) is 0 Å². The van der Waals surface area contributed by atoms with Gasteiger partial charge in [0.25, 0.3) is 0 Å². The Labute approximate surface area is 110 Å². The average Bonchev–Trinajstić information content (AvgIpc) is 1.90. The van der Waals surface area contributed by atoms with Crippen molar-refractivity contribution in [3.05, 3.63) is 24.5 Å². The van der Waals surface area contributed by atoms with E-state index in [2.05, 4.69) is 11.7 Å². The van der Waals surface area contributed by atoms with E-state index in [4.69, 9.17) is 0 Å². The molecule has 0 bridgehead atoms. The summed E-state index contributed by atoms with van der Waals surface area (Å²) >= 11 is 0. The normalized spacial score (nSPS) is 8.10. The quantitative estimate of drug-likeness (QED) is 0.357. The standard InChI is InChI=1S/C7H9N2.Rb/c1-9(2)7-3-5-8-6-4-7;/h3-6H,1H2,2H3;/q2*+1/p+1. The summed E-state index contributed by atoms with van der Waals surface area (Å²) in [4.78, 5) is 2.93. The van der Waals surface area contributed by atoms with Crippen LogP contribution < -0.4 is 63.2 Å². The number of rotatable bonds is 1. The van der Waals surface area contributed by atoms with Gasteiger partial charge in [-0.05, 0) is 0 Å². The maximum atomic E-state index is 3.73. The molecule has 0 aliphatic rings. The summed E-state index contributed by atoms with van der Waals surface area (Å²) in [6.45, 7) is 3.73. The molecule has 1 aromatic heterocycles. The molecule has 0 saturated heterocycles. The summed E-state index contributed by atoms with van der Waals surface area (Å²) in [7, 11) is 1.91. The molecule has 3 heteroatoms. The van der Waals surface area contributed by atoms with E-state index in [-0.39, 0.29) is 58.2 Å². The van der Waals surface area contributed by atoms with Gasteiger partial charge in [0.2, 0.25) is 5.69 Å². The van der Waals surface area contributed by atoms with Crippen molar-refractivity contribution in [2.75, 3.05) is 7.05 Å². The van der Waals surface area contributed by atoms with Gasteiger partial charge in [0.15, 0.2) is 12.4 Å². The molecule has 0 radical (unpaired) electrons. The van der Waals surface area contributed by atoms with E-state index < -0.39 is 0 Å². The fourth-order valence-corrected chi connectivity index (χ4v) is 0.633. The molecule has 0 unspecified atom stereocenters. The number of aromatic amines is 1. The van der Waals surface area contributed by atoms with Crippen LogP contribution in [0.5, 0.6) is 0 Å². The Balaban J connectivity index is 0.000000810. The molecule has 46 valence electrons. The zero-order valence-electron chi connectivity index (χ0n) is 6.46. The van der Waals surface area contributed by atoms with E-state index in [1.165, 1.54) is 0 Å². The Morgan fingerprint density at radius 2 is 1.90 bits per heavy atom. The minimum absolute atomic E-state index is 0. The molecule has 0 saturated carbocycles. The molecule has 2 nitrogen and oxygen atoms in total. The van der Waals surface area contributed by atoms with Crippen molar-refractivity contribution in [2.45, 2.75) is 0 Å². The summed E-state index contributed by atoms with van der Waals surface area (Å²) in [6, 6.07) is 3.93. The molecular weight excluding hydrogens is 198 g/mol. The van der Waals surface area contributed by atoms with Crippen LogP contribution in [-0.2, 0) is 0 Å². The maximum Gasteiger partial charge on any atom is 1.00 e. The van der Waals surface area contributed by atoms with Crippen LogP contribution >= 0.6 is 0 Å². The first kappa shape index (κ1) is 10.6. The SMILES string of the molecule is C=[N+](C)c1cc[nH+]cc1.[Rb+]. The second-order valence-electron chi connectivity index (χ2n) is 1.96. The van der Waals surface area contributed by atoms with Crippen molar-refractivity contribution in [1.29, 1.82) is 0 Å². The van der Waals surface area contributed by atoms with Gasteiger partial charge in [-0.3, -0.25) is 0 Å². The first-order chi connectivity index (χ1) is 4.30. The van der Waals surface area contributed by atoms with Crippen LogP contribution in [0.4, 0.5) is 5.69 Å². The van der Waals surface area contributed by atoms with Crippen LogP contribution in [0, 0.1) is 0 Å². The Morgan fingerprint density at radius 3 is 2.20 bits per heavy atom. The van der Waals surface area contributed by atoms with E-state index in [0.717, 1.165) is 5.69 Å². The van der Waals surface area contributed by atoms with Crippen LogP contribution in [0.15, 0.2) is 24.5 Å². The van der Waals surface area contributed by atoms with Gasteiger partial charge in [-0.1, -0.05) is 0 Å². The Hall–Kier alpha value is 0.625.